The van der Waals surface area contributed by atoms with Gasteiger partial charge in [-0.2, -0.15) is 0 Å². The molecule has 0 aromatic heterocycles. The van der Waals surface area contributed by atoms with Crippen LogP contribution in [0, 0.1) is 5.92 Å². The van der Waals surface area contributed by atoms with Crippen molar-refractivity contribution in [2.24, 2.45) is 5.92 Å². The topological polar surface area (TPSA) is 0 Å². The molecule has 0 aliphatic heterocycles. The van der Waals surface area contributed by atoms with Crippen molar-refractivity contribution in [3.8, 4) is 0 Å². The Labute approximate surface area is 154 Å². The van der Waals surface area contributed by atoms with E-state index in [1.807, 2.05) is 12.1 Å². The van der Waals surface area contributed by atoms with Gasteiger partial charge in [0.1, 0.15) is 0 Å². The summed E-state index contributed by atoms with van der Waals surface area (Å²) in [6.45, 7) is 4.15. The van der Waals surface area contributed by atoms with E-state index in [4.69, 9.17) is 81.2 Å². The van der Waals surface area contributed by atoms with E-state index in [1.54, 1.807) is 12.1 Å². The molecule has 0 heterocycles. The zero-order valence-electron chi connectivity index (χ0n) is 10.7. The number of hydrogen-bond acceptors (Lipinski definition) is 0. The summed E-state index contributed by atoms with van der Waals surface area (Å²) < 4.78 is -5.84. The molecule has 0 aliphatic rings. The van der Waals surface area contributed by atoms with E-state index in [0.29, 0.717) is 11.5 Å². The number of benzene rings is 1. The highest BCUT2D eigenvalue weighted by Gasteiger charge is 2.61. The Morgan fingerprint density at radius 3 is 1.85 bits per heavy atom. The standard InChI is InChI=1S/C13H13Cl7/c1-8(2)7-9-5-3-4-6-10(9)11(14,15)12(16,17)13(18,19)20/h3-6,8H,7H2,1-2H3. The third-order valence-electron chi connectivity index (χ3n) is 2.73. The van der Waals surface area contributed by atoms with Crippen molar-refractivity contribution < 1.29 is 0 Å². The molecular formula is C13H13Cl7. The molecule has 0 amide bonds. The van der Waals surface area contributed by atoms with Crippen molar-refractivity contribution in [1.29, 1.82) is 0 Å². The number of rotatable bonds is 4. The first kappa shape index (κ1) is 19.3. The van der Waals surface area contributed by atoms with E-state index in [1.165, 1.54) is 0 Å². The van der Waals surface area contributed by atoms with E-state index in [9.17, 15) is 0 Å². The molecule has 0 saturated carbocycles. The highest BCUT2D eigenvalue weighted by Crippen LogP contribution is 2.61. The molecule has 0 unspecified atom stereocenters. The molecule has 0 spiro atoms. The van der Waals surface area contributed by atoms with Crippen LogP contribution in [-0.4, -0.2) is 8.13 Å². The van der Waals surface area contributed by atoms with Crippen molar-refractivity contribution in [3.63, 3.8) is 0 Å². The predicted octanol–water partition coefficient (Wildman–Crippen LogP) is 7.06. The molecule has 0 aliphatic carbocycles. The molecule has 0 nitrogen and oxygen atoms in total. The fourth-order valence-corrected chi connectivity index (χ4v) is 3.36. The molecule has 0 saturated heterocycles. The average Bonchev–Trinajstić information content (AvgIpc) is 2.26. The Balaban J connectivity index is 3.35. The molecular weight excluding hydrogens is 404 g/mol. The maximum absolute atomic E-state index is 6.37. The minimum atomic E-state index is -2.05. The van der Waals surface area contributed by atoms with Crippen molar-refractivity contribution in [3.05, 3.63) is 35.4 Å². The lowest BCUT2D eigenvalue weighted by molar-refractivity contribution is 0.627. The van der Waals surface area contributed by atoms with Crippen molar-refractivity contribution in [2.45, 2.75) is 32.7 Å². The zero-order valence-corrected chi connectivity index (χ0v) is 16.0. The van der Waals surface area contributed by atoms with Crippen LogP contribution in [0.15, 0.2) is 24.3 Å². The van der Waals surface area contributed by atoms with Crippen LogP contribution < -0.4 is 0 Å². The molecule has 0 atom stereocenters. The maximum Gasteiger partial charge on any atom is 0.226 e. The van der Waals surface area contributed by atoms with Crippen LogP contribution in [0.5, 0.6) is 0 Å². The van der Waals surface area contributed by atoms with Crippen molar-refractivity contribution in [1.82, 2.24) is 0 Å². The fraction of sp³-hybridized carbons (Fsp3) is 0.538. The summed E-state index contributed by atoms with van der Waals surface area (Å²) in [5, 5.41) is 0. The van der Waals surface area contributed by atoms with E-state index >= 15 is 0 Å². The zero-order chi connectivity index (χ0) is 15.8. The lowest BCUT2D eigenvalue weighted by Gasteiger charge is -2.38. The second-order valence-corrected chi connectivity index (χ2v) is 9.84. The van der Waals surface area contributed by atoms with Gasteiger partial charge in [-0.1, -0.05) is 119 Å². The third-order valence-corrected chi connectivity index (χ3v) is 6.66. The largest absolute Gasteiger partial charge is 0.226 e. The summed E-state index contributed by atoms with van der Waals surface area (Å²) in [6, 6.07) is 7.29. The van der Waals surface area contributed by atoms with Gasteiger partial charge < -0.3 is 0 Å². The van der Waals surface area contributed by atoms with Gasteiger partial charge in [-0.05, 0) is 23.5 Å². The fourth-order valence-electron chi connectivity index (χ4n) is 1.79. The van der Waals surface area contributed by atoms with Gasteiger partial charge >= 0.3 is 0 Å². The Morgan fingerprint density at radius 2 is 1.40 bits per heavy atom. The highest BCUT2D eigenvalue weighted by molar-refractivity contribution is 6.78. The molecule has 1 rings (SSSR count). The van der Waals surface area contributed by atoms with Crippen LogP contribution in [0.4, 0.5) is 0 Å². The lowest BCUT2D eigenvalue weighted by atomic mass is 9.95. The normalized spacial score (nSPS) is 13.9. The van der Waals surface area contributed by atoms with Gasteiger partial charge in [0.15, 0.2) is 4.33 Å². The molecule has 0 radical (unpaired) electrons. The van der Waals surface area contributed by atoms with E-state index in [2.05, 4.69) is 13.8 Å². The van der Waals surface area contributed by atoms with Gasteiger partial charge in [0, 0.05) is 0 Å². The molecule has 1 aromatic carbocycles. The highest BCUT2D eigenvalue weighted by atomic mass is 35.6. The molecule has 7 heteroatoms. The van der Waals surface area contributed by atoms with Gasteiger partial charge in [0.05, 0.1) is 0 Å². The predicted molar refractivity (Wildman–Crippen MR) is 93.1 cm³/mol. The van der Waals surface area contributed by atoms with Crippen LogP contribution in [0.1, 0.15) is 25.0 Å². The van der Waals surface area contributed by atoms with Gasteiger partial charge in [0.2, 0.25) is 8.13 Å². The van der Waals surface area contributed by atoms with Gasteiger partial charge in [-0.3, -0.25) is 0 Å². The molecule has 0 fully saturated rings. The van der Waals surface area contributed by atoms with Crippen molar-refractivity contribution >= 4 is 81.2 Å². The number of hydrogen-bond donors (Lipinski definition) is 0. The number of alkyl halides is 7. The molecule has 114 valence electrons. The molecule has 20 heavy (non-hydrogen) atoms. The van der Waals surface area contributed by atoms with Gasteiger partial charge in [-0.25, -0.2) is 0 Å². The van der Waals surface area contributed by atoms with Crippen LogP contribution in [-0.2, 0) is 10.8 Å². The van der Waals surface area contributed by atoms with Crippen LogP contribution >= 0.6 is 81.2 Å². The van der Waals surface area contributed by atoms with Crippen LogP contribution in [0.3, 0.4) is 0 Å². The monoisotopic (exact) mass is 414 g/mol. The second-order valence-electron chi connectivity index (χ2n) is 4.90. The first-order valence-corrected chi connectivity index (χ1v) is 8.46. The Morgan fingerprint density at radius 1 is 0.900 bits per heavy atom. The van der Waals surface area contributed by atoms with E-state index < -0.39 is 12.5 Å². The summed E-state index contributed by atoms with van der Waals surface area (Å²) in [5.74, 6) is 0.396. The smallest absolute Gasteiger partial charge is 0.0930 e. The average molecular weight is 417 g/mol. The SMILES string of the molecule is CC(C)Cc1ccccc1C(Cl)(Cl)C(Cl)(Cl)C(Cl)(Cl)Cl. The van der Waals surface area contributed by atoms with Gasteiger partial charge in [0.25, 0.3) is 0 Å². The van der Waals surface area contributed by atoms with E-state index in [-0.39, 0.29) is 0 Å². The number of halogens is 7. The Hall–Kier alpha value is 1.25. The van der Waals surface area contributed by atoms with Gasteiger partial charge in [-0.15, -0.1) is 0 Å². The van der Waals surface area contributed by atoms with Crippen LogP contribution in [0.2, 0.25) is 0 Å². The Kier molecular flexibility index (Phi) is 6.55. The van der Waals surface area contributed by atoms with E-state index in [0.717, 1.165) is 12.0 Å². The maximum atomic E-state index is 6.37. The molecule has 1 aromatic rings. The summed E-state index contributed by atoms with van der Waals surface area (Å²) in [7, 11) is 0. The third kappa shape index (κ3) is 3.96. The second kappa shape index (κ2) is 6.79. The first-order valence-electron chi connectivity index (χ1n) is 5.82. The van der Waals surface area contributed by atoms with Crippen molar-refractivity contribution in [2.75, 3.05) is 0 Å². The lowest BCUT2D eigenvalue weighted by Crippen LogP contribution is -2.45. The quantitative estimate of drug-likeness (QED) is 0.460. The minimum Gasteiger partial charge on any atom is -0.0930 e. The summed E-state index contributed by atoms with van der Waals surface area (Å²) >= 11 is 42.5. The minimum absolute atomic E-state index is 0.396. The Bertz CT molecular complexity index is 460. The van der Waals surface area contributed by atoms with Crippen LogP contribution in [0.25, 0.3) is 0 Å². The summed E-state index contributed by atoms with van der Waals surface area (Å²) in [5.41, 5.74) is 1.45. The first-order chi connectivity index (χ1) is 8.91. The summed E-state index contributed by atoms with van der Waals surface area (Å²) in [6.07, 6.45) is 0.751. The summed E-state index contributed by atoms with van der Waals surface area (Å²) in [4.78, 5) is 0. The molecule has 0 bridgehead atoms. The molecule has 0 N–H and O–H groups in total.